The van der Waals surface area contributed by atoms with Crippen molar-refractivity contribution in [3.8, 4) is 11.3 Å². The molecule has 0 bridgehead atoms. The molecule has 2 aromatic rings. The Bertz CT molecular complexity index is 496. The standard InChI is InChI=1S/C12H12BrFN2S/c1-17-7-6-16-8-11(13)12(15-16)9-2-4-10(14)5-3-9/h2-5,8H,6-7H2,1H3. The molecule has 1 aromatic carbocycles. The number of aromatic nitrogens is 2. The van der Waals surface area contributed by atoms with Gasteiger partial charge in [0.15, 0.2) is 0 Å². The van der Waals surface area contributed by atoms with Gasteiger partial charge in [0.25, 0.3) is 0 Å². The first-order valence-electron chi connectivity index (χ1n) is 5.18. The summed E-state index contributed by atoms with van der Waals surface area (Å²) in [7, 11) is 0. The molecule has 0 saturated heterocycles. The van der Waals surface area contributed by atoms with Gasteiger partial charge in [-0.3, -0.25) is 4.68 Å². The summed E-state index contributed by atoms with van der Waals surface area (Å²) in [5, 5.41) is 4.48. The normalized spacial score (nSPS) is 10.8. The van der Waals surface area contributed by atoms with E-state index in [-0.39, 0.29) is 5.82 Å². The molecule has 0 radical (unpaired) electrons. The maximum Gasteiger partial charge on any atom is 0.123 e. The van der Waals surface area contributed by atoms with Gasteiger partial charge in [-0.15, -0.1) is 0 Å². The summed E-state index contributed by atoms with van der Waals surface area (Å²) in [5.41, 5.74) is 1.77. The second kappa shape index (κ2) is 5.69. The number of rotatable bonds is 4. The van der Waals surface area contributed by atoms with E-state index in [2.05, 4.69) is 27.3 Å². The SMILES string of the molecule is CSCCn1cc(Br)c(-c2ccc(F)cc2)n1. The minimum atomic E-state index is -0.230. The molecule has 0 atom stereocenters. The molecule has 5 heteroatoms. The predicted molar refractivity (Wildman–Crippen MR) is 73.7 cm³/mol. The molecule has 2 nitrogen and oxygen atoms in total. The van der Waals surface area contributed by atoms with Crippen molar-refractivity contribution in [2.75, 3.05) is 12.0 Å². The average Bonchev–Trinajstić information content (AvgIpc) is 2.69. The maximum atomic E-state index is 12.8. The second-order valence-corrected chi connectivity index (χ2v) is 5.43. The highest BCUT2D eigenvalue weighted by Gasteiger charge is 2.08. The quantitative estimate of drug-likeness (QED) is 0.854. The fourth-order valence-electron chi connectivity index (χ4n) is 1.50. The van der Waals surface area contributed by atoms with Crippen LogP contribution in [0.2, 0.25) is 0 Å². The molecule has 0 aliphatic rings. The Morgan fingerprint density at radius 3 is 2.71 bits per heavy atom. The summed E-state index contributed by atoms with van der Waals surface area (Å²) in [6, 6.07) is 6.37. The molecule has 0 aliphatic carbocycles. The minimum Gasteiger partial charge on any atom is -0.270 e. The Morgan fingerprint density at radius 1 is 1.35 bits per heavy atom. The maximum absolute atomic E-state index is 12.8. The number of hydrogen-bond donors (Lipinski definition) is 0. The molecule has 0 unspecified atom stereocenters. The van der Waals surface area contributed by atoms with Crippen LogP contribution in [0.25, 0.3) is 11.3 Å². The summed E-state index contributed by atoms with van der Waals surface area (Å²) < 4.78 is 15.7. The van der Waals surface area contributed by atoms with Gasteiger partial charge in [-0.25, -0.2) is 4.39 Å². The Hall–Kier alpha value is -0.810. The third-order valence-corrected chi connectivity index (χ3v) is 3.53. The summed E-state index contributed by atoms with van der Waals surface area (Å²) in [5.74, 6) is 0.795. The largest absolute Gasteiger partial charge is 0.270 e. The molecular weight excluding hydrogens is 303 g/mol. The molecule has 0 spiro atoms. The Balaban J connectivity index is 2.26. The third kappa shape index (κ3) is 3.10. The summed E-state index contributed by atoms with van der Waals surface area (Å²) in [6.45, 7) is 0.876. The first-order chi connectivity index (χ1) is 8.20. The molecular formula is C12H12BrFN2S. The molecule has 0 fully saturated rings. The lowest BCUT2D eigenvalue weighted by molar-refractivity contribution is 0.628. The Kier molecular flexibility index (Phi) is 4.23. The molecule has 90 valence electrons. The van der Waals surface area contributed by atoms with Gasteiger partial charge in [-0.05, 0) is 46.5 Å². The zero-order chi connectivity index (χ0) is 12.3. The van der Waals surface area contributed by atoms with Crippen molar-refractivity contribution in [3.63, 3.8) is 0 Å². The number of halogens is 2. The van der Waals surface area contributed by atoms with Crippen molar-refractivity contribution in [3.05, 3.63) is 40.8 Å². The van der Waals surface area contributed by atoms with Gasteiger partial charge in [-0.2, -0.15) is 16.9 Å². The van der Waals surface area contributed by atoms with E-state index in [0.29, 0.717) is 0 Å². The van der Waals surface area contributed by atoms with Crippen LogP contribution in [0, 0.1) is 5.82 Å². The van der Waals surface area contributed by atoms with E-state index in [0.717, 1.165) is 28.0 Å². The van der Waals surface area contributed by atoms with Gasteiger partial charge in [0.2, 0.25) is 0 Å². The van der Waals surface area contributed by atoms with E-state index in [1.54, 1.807) is 23.9 Å². The van der Waals surface area contributed by atoms with Crippen LogP contribution in [0.4, 0.5) is 4.39 Å². The van der Waals surface area contributed by atoms with Gasteiger partial charge in [0, 0.05) is 24.1 Å². The van der Waals surface area contributed by atoms with Crippen molar-refractivity contribution >= 4 is 27.7 Å². The van der Waals surface area contributed by atoms with Gasteiger partial charge < -0.3 is 0 Å². The van der Waals surface area contributed by atoms with Crippen molar-refractivity contribution in [2.45, 2.75) is 6.54 Å². The van der Waals surface area contributed by atoms with Crippen LogP contribution < -0.4 is 0 Å². The molecule has 0 saturated carbocycles. The van der Waals surface area contributed by atoms with E-state index in [4.69, 9.17) is 0 Å². The Morgan fingerprint density at radius 2 is 2.06 bits per heavy atom. The molecule has 0 aliphatic heterocycles. The Labute approximate surface area is 112 Å². The summed E-state index contributed by atoms with van der Waals surface area (Å²) >= 11 is 5.26. The van der Waals surface area contributed by atoms with Gasteiger partial charge in [0.05, 0.1) is 4.47 Å². The van der Waals surface area contributed by atoms with Gasteiger partial charge >= 0.3 is 0 Å². The van der Waals surface area contributed by atoms with Crippen molar-refractivity contribution in [1.82, 2.24) is 9.78 Å². The topological polar surface area (TPSA) is 17.8 Å². The fraction of sp³-hybridized carbons (Fsp3) is 0.250. The highest BCUT2D eigenvalue weighted by atomic mass is 79.9. The highest BCUT2D eigenvalue weighted by Crippen LogP contribution is 2.26. The third-order valence-electron chi connectivity index (χ3n) is 2.36. The number of benzene rings is 1. The summed E-state index contributed by atoms with van der Waals surface area (Å²) in [6.07, 6.45) is 4.02. The van der Waals surface area contributed by atoms with E-state index < -0.39 is 0 Å². The smallest absolute Gasteiger partial charge is 0.123 e. The van der Waals surface area contributed by atoms with Gasteiger partial charge in [-0.1, -0.05) is 0 Å². The lowest BCUT2D eigenvalue weighted by Crippen LogP contribution is -2.00. The average molecular weight is 315 g/mol. The predicted octanol–water partition coefficient (Wildman–Crippen LogP) is 3.81. The fourth-order valence-corrected chi connectivity index (χ4v) is 2.41. The van der Waals surface area contributed by atoms with Crippen LogP contribution in [0.3, 0.4) is 0 Å². The van der Waals surface area contributed by atoms with Crippen molar-refractivity contribution < 1.29 is 4.39 Å². The van der Waals surface area contributed by atoms with Crippen LogP contribution in [-0.4, -0.2) is 21.8 Å². The van der Waals surface area contributed by atoms with E-state index >= 15 is 0 Å². The van der Waals surface area contributed by atoms with Crippen molar-refractivity contribution in [1.29, 1.82) is 0 Å². The summed E-state index contributed by atoms with van der Waals surface area (Å²) in [4.78, 5) is 0. The zero-order valence-electron chi connectivity index (χ0n) is 9.36. The second-order valence-electron chi connectivity index (χ2n) is 3.59. The first kappa shape index (κ1) is 12.6. The monoisotopic (exact) mass is 314 g/mol. The highest BCUT2D eigenvalue weighted by molar-refractivity contribution is 9.10. The molecule has 2 rings (SSSR count). The molecule has 1 aromatic heterocycles. The minimum absolute atomic E-state index is 0.230. The first-order valence-corrected chi connectivity index (χ1v) is 7.37. The number of hydrogen-bond acceptors (Lipinski definition) is 2. The van der Waals surface area contributed by atoms with E-state index in [1.165, 1.54) is 12.1 Å². The van der Waals surface area contributed by atoms with Gasteiger partial charge in [0.1, 0.15) is 11.5 Å². The zero-order valence-corrected chi connectivity index (χ0v) is 11.8. The molecule has 1 heterocycles. The lowest BCUT2D eigenvalue weighted by Gasteiger charge is -1.99. The van der Waals surface area contributed by atoms with E-state index in [1.807, 2.05) is 10.9 Å². The van der Waals surface area contributed by atoms with Crippen LogP contribution in [0.1, 0.15) is 0 Å². The number of aryl methyl sites for hydroxylation is 1. The molecule has 0 amide bonds. The van der Waals surface area contributed by atoms with Crippen LogP contribution >= 0.6 is 27.7 Å². The van der Waals surface area contributed by atoms with E-state index in [9.17, 15) is 4.39 Å². The molecule has 0 N–H and O–H groups in total. The lowest BCUT2D eigenvalue weighted by atomic mass is 10.1. The number of thioether (sulfide) groups is 1. The van der Waals surface area contributed by atoms with Crippen LogP contribution in [0.15, 0.2) is 34.9 Å². The van der Waals surface area contributed by atoms with Crippen molar-refractivity contribution in [2.24, 2.45) is 0 Å². The molecule has 17 heavy (non-hydrogen) atoms. The van der Waals surface area contributed by atoms with Crippen LogP contribution in [-0.2, 0) is 6.54 Å². The number of nitrogens with zero attached hydrogens (tertiary/aromatic N) is 2. The van der Waals surface area contributed by atoms with Crippen LogP contribution in [0.5, 0.6) is 0 Å².